The largest absolute Gasteiger partial charge is 0.332 e. The zero-order chi connectivity index (χ0) is 10.8. The fraction of sp³-hybridized carbons (Fsp3) is 0.100. The third-order valence-corrected chi connectivity index (χ3v) is 1.91. The fourth-order valence-electron chi connectivity index (χ4n) is 1.30. The van der Waals surface area contributed by atoms with Gasteiger partial charge < -0.3 is 10.2 Å². The van der Waals surface area contributed by atoms with Crippen LogP contribution in [0.3, 0.4) is 0 Å². The van der Waals surface area contributed by atoms with Crippen molar-refractivity contribution in [3.63, 3.8) is 0 Å². The molecular formula is C10H8N2O3. The van der Waals surface area contributed by atoms with E-state index in [0.29, 0.717) is 11.3 Å². The van der Waals surface area contributed by atoms with Crippen LogP contribution in [0.4, 0.5) is 5.69 Å². The van der Waals surface area contributed by atoms with Gasteiger partial charge in [0.05, 0.1) is 5.69 Å². The van der Waals surface area contributed by atoms with E-state index in [-0.39, 0.29) is 11.6 Å². The quantitative estimate of drug-likeness (QED) is 0.546. The molecule has 1 aliphatic rings. The lowest BCUT2D eigenvalue weighted by Gasteiger charge is -1.94. The second kappa shape index (κ2) is 3.53. The first kappa shape index (κ1) is 9.39. The van der Waals surface area contributed by atoms with E-state index in [1.165, 1.54) is 6.92 Å². The predicted molar refractivity (Wildman–Crippen MR) is 53.4 cm³/mol. The molecule has 0 aliphatic carbocycles. The molecule has 1 aliphatic heterocycles. The number of amides is 1. The topological polar surface area (TPSA) is 67.8 Å². The molecule has 1 aromatic carbocycles. The van der Waals surface area contributed by atoms with E-state index in [9.17, 15) is 9.59 Å². The maximum atomic E-state index is 11.4. The molecule has 1 amide bonds. The monoisotopic (exact) mass is 204 g/mol. The molecule has 0 spiro atoms. The number of hydrogen-bond donors (Lipinski definition) is 1. The van der Waals surface area contributed by atoms with Crippen LogP contribution in [-0.4, -0.2) is 17.6 Å². The second-order valence-electron chi connectivity index (χ2n) is 3.02. The Morgan fingerprint density at radius 1 is 1.40 bits per heavy atom. The van der Waals surface area contributed by atoms with Crippen LogP contribution in [0.15, 0.2) is 29.4 Å². The highest BCUT2D eigenvalue weighted by Gasteiger charge is 2.26. The average molecular weight is 204 g/mol. The number of para-hydroxylation sites is 1. The molecule has 5 heteroatoms. The zero-order valence-corrected chi connectivity index (χ0v) is 7.98. The summed E-state index contributed by atoms with van der Waals surface area (Å²) in [5, 5.41) is 6.11. The molecule has 1 N–H and O–H groups in total. The molecule has 0 saturated heterocycles. The lowest BCUT2D eigenvalue weighted by Crippen LogP contribution is -2.15. The highest BCUT2D eigenvalue weighted by atomic mass is 16.7. The Hall–Kier alpha value is -2.17. The Kier molecular flexibility index (Phi) is 2.21. The molecular weight excluding hydrogens is 196 g/mol. The highest BCUT2D eigenvalue weighted by Crippen LogP contribution is 2.22. The van der Waals surface area contributed by atoms with Gasteiger partial charge in [-0.3, -0.25) is 4.79 Å². The summed E-state index contributed by atoms with van der Waals surface area (Å²) in [6.07, 6.45) is 0. The standard InChI is InChI=1S/C10H8N2O3/c1-6(13)15-12-9-7-4-2-3-5-8(7)11-10(9)14/h2-5H,1H3,(H,11,12,14). The number of anilines is 1. The molecule has 1 heterocycles. The molecule has 0 atom stereocenters. The smallest absolute Gasteiger partial charge is 0.320 e. The number of carbonyl (C=O) groups is 2. The molecule has 2 rings (SSSR count). The van der Waals surface area contributed by atoms with Crippen molar-refractivity contribution in [2.24, 2.45) is 5.16 Å². The summed E-state index contributed by atoms with van der Waals surface area (Å²) in [6, 6.07) is 7.06. The maximum Gasteiger partial charge on any atom is 0.332 e. The van der Waals surface area contributed by atoms with Crippen molar-refractivity contribution in [2.45, 2.75) is 6.92 Å². The first-order valence-corrected chi connectivity index (χ1v) is 4.35. The SMILES string of the molecule is CC(=O)O/N=C1\C(=O)Nc2ccccc21. The van der Waals surface area contributed by atoms with E-state index < -0.39 is 5.97 Å². The van der Waals surface area contributed by atoms with Gasteiger partial charge in [0.2, 0.25) is 0 Å². The van der Waals surface area contributed by atoms with Crippen molar-refractivity contribution < 1.29 is 14.4 Å². The van der Waals surface area contributed by atoms with Crippen LogP contribution in [0.2, 0.25) is 0 Å². The van der Waals surface area contributed by atoms with E-state index in [2.05, 4.69) is 15.3 Å². The van der Waals surface area contributed by atoms with Crippen LogP contribution in [0.25, 0.3) is 0 Å². The Morgan fingerprint density at radius 2 is 2.13 bits per heavy atom. The number of fused-ring (bicyclic) bond motifs is 1. The summed E-state index contributed by atoms with van der Waals surface area (Å²) in [4.78, 5) is 26.4. The summed E-state index contributed by atoms with van der Waals surface area (Å²) in [5.74, 6) is -0.919. The van der Waals surface area contributed by atoms with E-state index in [4.69, 9.17) is 0 Å². The number of nitrogens with zero attached hydrogens (tertiary/aromatic N) is 1. The van der Waals surface area contributed by atoms with E-state index in [0.717, 1.165) is 0 Å². The summed E-state index contributed by atoms with van der Waals surface area (Å²) >= 11 is 0. The van der Waals surface area contributed by atoms with Crippen LogP contribution >= 0.6 is 0 Å². The predicted octanol–water partition coefficient (Wildman–Crippen LogP) is 0.906. The average Bonchev–Trinajstić information content (AvgIpc) is 2.50. The first-order chi connectivity index (χ1) is 7.18. The van der Waals surface area contributed by atoms with Gasteiger partial charge in [-0.05, 0) is 6.07 Å². The molecule has 5 nitrogen and oxygen atoms in total. The van der Waals surface area contributed by atoms with Crippen molar-refractivity contribution >= 4 is 23.3 Å². The Labute approximate surface area is 85.7 Å². The van der Waals surface area contributed by atoms with Crippen molar-refractivity contribution in [1.82, 2.24) is 0 Å². The number of rotatable bonds is 1. The number of benzene rings is 1. The van der Waals surface area contributed by atoms with Crippen LogP contribution in [0, 0.1) is 0 Å². The molecule has 15 heavy (non-hydrogen) atoms. The van der Waals surface area contributed by atoms with Crippen molar-refractivity contribution in [1.29, 1.82) is 0 Å². The number of carbonyl (C=O) groups excluding carboxylic acids is 2. The third kappa shape index (κ3) is 1.71. The number of hydrogen-bond acceptors (Lipinski definition) is 4. The van der Waals surface area contributed by atoms with Gasteiger partial charge in [-0.25, -0.2) is 4.79 Å². The minimum Gasteiger partial charge on any atom is -0.320 e. The van der Waals surface area contributed by atoms with Gasteiger partial charge in [0.15, 0.2) is 5.71 Å². The van der Waals surface area contributed by atoms with E-state index >= 15 is 0 Å². The fourth-order valence-corrected chi connectivity index (χ4v) is 1.30. The van der Waals surface area contributed by atoms with Gasteiger partial charge in [-0.2, -0.15) is 0 Å². The van der Waals surface area contributed by atoms with Gasteiger partial charge >= 0.3 is 5.97 Å². The van der Waals surface area contributed by atoms with Crippen molar-refractivity contribution in [2.75, 3.05) is 5.32 Å². The van der Waals surface area contributed by atoms with Crippen molar-refractivity contribution in [3.8, 4) is 0 Å². The van der Waals surface area contributed by atoms with Crippen LogP contribution in [0.1, 0.15) is 12.5 Å². The summed E-state index contributed by atoms with van der Waals surface area (Å²) in [5.41, 5.74) is 1.44. The van der Waals surface area contributed by atoms with Gasteiger partial charge in [-0.1, -0.05) is 23.4 Å². The van der Waals surface area contributed by atoms with Gasteiger partial charge in [0.1, 0.15) is 0 Å². The molecule has 0 fully saturated rings. The van der Waals surface area contributed by atoms with Crippen LogP contribution in [0.5, 0.6) is 0 Å². The summed E-state index contributed by atoms with van der Waals surface area (Å²) in [6.45, 7) is 1.23. The Balaban J connectivity index is 2.37. The second-order valence-corrected chi connectivity index (χ2v) is 3.02. The molecule has 0 radical (unpaired) electrons. The molecule has 0 unspecified atom stereocenters. The summed E-state index contributed by atoms with van der Waals surface area (Å²) in [7, 11) is 0. The number of oxime groups is 1. The van der Waals surface area contributed by atoms with E-state index in [1.54, 1.807) is 24.3 Å². The molecule has 1 aromatic rings. The minimum absolute atomic E-state index is 0.126. The van der Waals surface area contributed by atoms with Gasteiger partial charge in [0.25, 0.3) is 5.91 Å². The zero-order valence-electron chi connectivity index (χ0n) is 7.98. The van der Waals surface area contributed by atoms with E-state index in [1.807, 2.05) is 0 Å². The molecule has 0 bridgehead atoms. The lowest BCUT2D eigenvalue weighted by molar-refractivity contribution is -0.140. The highest BCUT2D eigenvalue weighted by molar-refractivity contribution is 6.53. The van der Waals surface area contributed by atoms with Crippen LogP contribution in [-0.2, 0) is 14.4 Å². The normalized spacial score (nSPS) is 16.1. The van der Waals surface area contributed by atoms with Crippen molar-refractivity contribution in [3.05, 3.63) is 29.8 Å². The molecule has 0 aromatic heterocycles. The Morgan fingerprint density at radius 3 is 2.87 bits per heavy atom. The maximum absolute atomic E-state index is 11.4. The summed E-state index contributed by atoms with van der Waals surface area (Å²) < 4.78 is 0. The lowest BCUT2D eigenvalue weighted by atomic mass is 10.1. The van der Waals surface area contributed by atoms with Crippen LogP contribution < -0.4 is 5.32 Å². The van der Waals surface area contributed by atoms with Gasteiger partial charge in [-0.15, -0.1) is 0 Å². The Bertz CT molecular complexity index is 465. The first-order valence-electron chi connectivity index (χ1n) is 4.35. The molecule has 0 saturated carbocycles. The number of nitrogens with one attached hydrogen (secondary N) is 1. The van der Waals surface area contributed by atoms with Gasteiger partial charge in [0, 0.05) is 12.5 Å². The molecule has 76 valence electrons. The minimum atomic E-state index is -0.556. The third-order valence-electron chi connectivity index (χ3n) is 1.91.